The second kappa shape index (κ2) is 8.48. The molecule has 2 aliphatic heterocycles. The molecule has 0 aromatic rings. The minimum atomic E-state index is -1.09. The Bertz CT molecular complexity index is 698. The van der Waals surface area contributed by atoms with Gasteiger partial charge in [0.2, 0.25) is 0 Å². The third kappa shape index (κ3) is 4.50. The van der Waals surface area contributed by atoms with Crippen molar-refractivity contribution in [3.8, 4) is 0 Å². The third-order valence-electron chi connectivity index (χ3n) is 6.70. The number of amides is 1. The number of hydrogen-bond acceptors (Lipinski definition) is 6. The molecule has 0 radical (unpaired) electrons. The summed E-state index contributed by atoms with van der Waals surface area (Å²) in [5.41, 5.74) is 0.532. The van der Waals surface area contributed by atoms with E-state index in [1.807, 2.05) is 0 Å². The van der Waals surface area contributed by atoms with Gasteiger partial charge < -0.3 is 29.4 Å². The largest absolute Gasteiger partial charge is 0.480 e. The van der Waals surface area contributed by atoms with E-state index in [-0.39, 0.29) is 23.5 Å². The summed E-state index contributed by atoms with van der Waals surface area (Å²) in [7, 11) is 1.61. The van der Waals surface area contributed by atoms with Crippen molar-refractivity contribution in [1.82, 2.24) is 5.32 Å². The van der Waals surface area contributed by atoms with E-state index in [1.54, 1.807) is 21.0 Å². The number of hydrogen-bond donors (Lipinski definition) is 2. The van der Waals surface area contributed by atoms with Crippen LogP contribution in [0.5, 0.6) is 0 Å². The molecular formula is C22H35NO7. The highest BCUT2D eigenvalue weighted by Gasteiger charge is 2.72. The molecule has 0 aromatic heterocycles. The first-order valence-corrected chi connectivity index (χ1v) is 10.7. The second-order valence-electron chi connectivity index (χ2n) is 9.53. The molecule has 0 bridgehead atoms. The highest BCUT2D eigenvalue weighted by Crippen LogP contribution is 2.59. The number of carbonyl (C=O) groups excluding carboxylic acids is 1. The van der Waals surface area contributed by atoms with E-state index >= 15 is 0 Å². The third-order valence-corrected chi connectivity index (χ3v) is 6.70. The average molecular weight is 426 g/mol. The Balaban J connectivity index is 1.71. The van der Waals surface area contributed by atoms with Crippen molar-refractivity contribution >= 4 is 12.1 Å². The predicted octanol–water partition coefficient (Wildman–Crippen LogP) is 2.90. The quantitative estimate of drug-likeness (QED) is 0.454. The minimum absolute atomic E-state index is 0.0704. The van der Waals surface area contributed by atoms with Gasteiger partial charge in [0.15, 0.2) is 0 Å². The lowest BCUT2D eigenvalue weighted by Gasteiger charge is -2.42. The summed E-state index contributed by atoms with van der Waals surface area (Å²) in [6.07, 6.45) is 2.77. The lowest BCUT2D eigenvalue weighted by atomic mass is 9.68. The van der Waals surface area contributed by atoms with Gasteiger partial charge in [-0.1, -0.05) is 25.5 Å². The zero-order valence-corrected chi connectivity index (χ0v) is 18.8. The lowest BCUT2D eigenvalue weighted by molar-refractivity contribution is -0.141. The molecule has 1 amide bonds. The van der Waals surface area contributed by atoms with Crippen LogP contribution in [-0.2, 0) is 23.7 Å². The summed E-state index contributed by atoms with van der Waals surface area (Å²) in [6, 6.07) is -1.01. The van der Waals surface area contributed by atoms with Gasteiger partial charge in [-0.05, 0) is 46.0 Å². The standard InChI is InChI=1S/C22H35NO7/c1-12(2)7-8-15-21(5,30-15)18-17(27-6)14(9-10-22(18)11-28-22)29-20(26)23-16(13(3)4)19(24)25/h7,13-18H,8-11H2,1-6H3,(H,23,26)(H,24,25)/t14-,15-,16?,17-,18-,21+,22+/m1/s1. The molecule has 3 rings (SSSR count). The summed E-state index contributed by atoms with van der Waals surface area (Å²) in [6.45, 7) is 10.3. The van der Waals surface area contributed by atoms with Crippen LogP contribution in [0.3, 0.4) is 0 Å². The van der Waals surface area contributed by atoms with Crippen LogP contribution in [0.1, 0.15) is 53.9 Å². The number of carboxylic acid groups (broad SMARTS) is 1. The second-order valence-corrected chi connectivity index (χ2v) is 9.53. The van der Waals surface area contributed by atoms with Crippen LogP contribution >= 0.6 is 0 Å². The Morgan fingerprint density at radius 3 is 2.50 bits per heavy atom. The maximum atomic E-state index is 12.5. The van der Waals surface area contributed by atoms with E-state index in [2.05, 4.69) is 32.2 Å². The number of methoxy groups -OCH3 is 1. The van der Waals surface area contributed by atoms with Crippen LogP contribution in [-0.4, -0.2) is 66.4 Å². The van der Waals surface area contributed by atoms with Crippen molar-refractivity contribution in [2.45, 2.75) is 89.4 Å². The Morgan fingerprint density at radius 2 is 2.00 bits per heavy atom. The first kappa shape index (κ1) is 23.0. The number of aliphatic carboxylic acids is 1. The molecule has 2 heterocycles. The van der Waals surface area contributed by atoms with Crippen LogP contribution in [0.25, 0.3) is 0 Å². The molecule has 170 valence electrons. The molecule has 3 aliphatic rings. The van der Waals surface area contributed by atoms with E-state index in [0.717, 1.165) is 12.8 Å². The fourth-order valence-electron chi connectivity index (χ4n) is 4.88. The zero-order chi connectivity index (χ0) is 22.3. The van der Waals surface area contributed by atoms with Gasteiger partial charge in [-0.3, -0.25) is 0 Å². The summed E-state index contributed by atoms with van der Waals surface area (Å²) in [5.74, 6) is -1.42. The van der Waals surface area contributed by atoms with Gasteiger partial charge in [-0.2, -0.15) is 0 Å². The normalized spacial score (nSPS) is 38.1. The average Bonchev–Trinajstić information content (AvgIpc) is 3.56. The number of alkyl carbamates (subject to hydrolysis) is 1. The fraction of sp³-hybridized carbons (Fsp3) is 0.818. The fourth-order valence-corrected chi connectivity index (χ4v) is 4.88. The number of rotatable bonds is 8. The molecule has 30 heavy (non-hydrogen) atoms. The van der Waals surface area contributed by atoms with E-state index in [9.17, 15) is 14.7 Å². The summed E-state index contributed by atoms with van der Waals surface area (Å²) in [5, 5.41) is 11.8. The molecule has 1 spiro atoms. The summed E-state index contributed by atoms with van der Waals surface area (Å²) >= 11 is 0. The van der Waals surface area contributed by atoms with Crippen molar-refractivity contribution in [2.75, 3.05) is 13.7 Å². The molecule has 1 aliphatic carbocycles. The Labute approximate surface area is 178 Å². The zero-order valence-electron chi connectivity index (χ0n) is 18.8. The van der Waals surface area contributed by atoms with Crippen LogP contribution in [0.15, 0.2) is 11.6 Å². The van der Waals surface area contributed by atoms with Gasteiger partial charge in [0, 0.05) is 7.11 Å². The van der Waals surface area contributed by atoms with Crippen LogP contribution in [0.2, 0.25) is 0 Å². The van der Waals surface area contributed by atoms with Gasteiger partial charge >= 0.3 is 12.1 Å². The molecule has 3 fully saturated rings. The van der Waals surface area contributed by atoms with Gasteiger partial charge in [-0.25, -0.2) is 9.59 Å². The van der Waals surface area contributed by atoms with Gasteiger partial charge in [0.1, 0.15) is 29.5 Å². The Hall–Kier alpha value is -1.64. The van der Waals surface area contributed by atoms with E-state index < -0.39 is 35.9 Å². The maximum Gasteiger partial charge on any atom is 0.408 e. The van der Waals surface area contributed by atoms with Crippen LogP contribution in [0.4, 0.5) is 4.79 Å². The first-order chi connectivity index (χ1) is 14.0. The maximum absolute atomic E-state index is 12.5. The SMILES string of the molecule is CO[C@@H]1[C@H](OC(=O)NC(C(=O)O)C(C)C)CC[C@]2(CO2)[C@H]1[C@@]1(C)O[C@@H]1CC=C(C)C. The summed E-state index contributed by atoms with van der Waals surface area (Å²) < 4.78 is 23.5. The van der Waals surface area contributed by atoms with Gasteiger partial charge in [0.25, 0.3) is 0 Å². The molecular weight excluding hydrogens is 390 g/mol. The Morgan fingerprint density at radius 1 is 1.33 bits per heavy atom. The molecule has 2 saturated heterocycles. The van der Waals surface area contributed by atoms with Crippen LogP contribution < -0.4 is 5.32 Å². The number of allylic oxidation sites excluding steroid dienone is 1. The Kier molecular flexibility index (Phi) is 6.51. The molecule has 8 nitrogen and oxygen atoms in total. The minimum Gasteiger partial charge on any atom is -0.480 e. The lowest BCUT2D eigenvalue weighted by Crippen LogP contribution is -2.56. The number of carboxylic acids is 1. The van der Waals surface area contributed by atoms with Crippen molar-refractivity contribution in [3.05, 3.63) is 11.6 Å². The van der Waals surface area contributed by atoms with E-state index in [0.29, 0.717) is 13.0 Å². The smallest absolute Gasteiger partial charge is 0.408 e. The number of carbonyl (C=O) groups is 2. The van der Waals surface area contributed by atoms with Gasteiger partial charge in [0.05, 0.1) is 18.6 Å². The molecule has 1 saturated carbocycles. The number of epoxide rings is 2. The topological polar surface area (TPSA) is 110 Å². The molecule has 0 aromatic carbocycles. The molecule has 2 N–H and O–H groups in total. The molecule has 1 unspecified atom stereocenters. The first-order valence-electron chi connectivity index (χ1n) is 10.7. The highest BCUT2D eigenvalue weighted by atomic mass is 16.6. The molecule has 7 atom stereocenters. The number of nitrogens with one attached hydrogen (secondary N) is 1. The van der Waals surface area contributed by atoms with Gasteiger partial charge in [-0.15, -0.1) is 0 Å². The predicted molar refractivity (Wildman–Crippen MR) is 109 cm³/mol. The van der Waals surface area contributed by atoms with Crippen molar-refractivity contribution in [1.29, 1.82) is 0 Å². The van der Waals surface area contributed by atoms with Crippen LogP contribution in [0, 0.1) is 11.8 Å². The van der Waals surface area contributed by atoms with Crippen molar-refractivity contribution in [3.63, 3.8) is 0 Å². The van der Waals surface area contributed by atoms with Crippen molar-refractivity contribution < 1.29 is 33.6 Å². The molecule has 8 heteroatoms. The van der Waals surface area contributed by atoms with E-state index in [4.69, 9.17) is 18.9 Å². The highest BCUT2D eigenvalue weighted by molar-refractivity contribution is 5.80. The summed E-state index contributed by atoms with van der Waals surface area (Å²) in [4.78, 5) is 23.8. The number of ether oxygens (including phenoxy) is 4. The van der Waals surface area contributed by atoms with E-state index in [1.165, 1.54) is 5.57 Å². The van der Waals surface area contributed by atoms with Crippen molar-refractivity contribution in [2.24, 2.45) is 11.8 Å². The monoisotopic (exact) mass is 425 g/mol.